The highest BCUT2D eigenvalue weighted by atomic mass is 32.2. The van der Waals surface area contributed by atoms with E-state index in [0.29, 0.717) is 30.8 Å². The predicted molar refractivity (Wildman–Crippen MR) is 114 cm³/mol. The third-order valence-corrected chi connectivity index (χ3v) is 6.53. The second-order valence-electron chi connectivity index (χ2n) is 7.61. The van der Waals surface area contributed by atoms with Gasteiger partial charge in [-0.25, -0.2) is 12.8 Å². The fraction of sp³-hybridized carbons (Fsp3) is 0.286. The first-order valence-corrected chi connectivity index (χ1v) is 11.6. The lowest BCUT2D eigenvalue weighted by Gasteiger charge is -2.29. The van der Waals surface area contributed by atoms with Gasteiger partial charge in [0.05, 0.1) is 10.6 Å². The topological polar surface area (TPSA) is 113 Å². The molecule has 4 rings (SSSR count). The standard InChI is InChI=1S/C21H21FN4O4S/c1-31(29,30)16-8-9-18-13(11-16)3-2-10-25(18)21(28)17-12-19(20(23)27)26(24-17)15-6-4-14(22)5-7-15/h4-9,11,19H,2-3,10,12H2,1H3,(H2,23,27). The van der Waals surface area contributed by atoms with Crippen LogP contribution in [-0.2, 0) is 25.8 Å². The highest BCUT2D eigenvalue weighted by Gasteiger charge is 2.37. The largest absolute Gasteiger partial charge is 0.368 e. The Kier molecular flexibility index (Phi) is 5.26. The zero-order valence-electron chi connectivity index (χ0n) is 16.8. The summed E-state index contributed by atoms with van der Waals surface area (Å²) in [7, 11) is -3.36. The summed E-state index contributed by atoms with van der Waals surface area (Å²) in [6.07, 6.45) is 2.49. The number of anilines is 2. The fourth-order valence-corrected chi connectivity index (χ4v) is 4.54. The molecule has 0 fully saturated rings. The van der Waals surface area contributed by atoms with Crippen molar-refractivity contribution in [1.29, 1.82) is 0 Å². The molecule has 0 saturated carbocycles. The molecule has 0 saturated heterocycles. The second-order valence-corrected chi connectivity index (χ2v) is 9.63. The molecule has 10 heteroatoms. The van der Waals surface area contributed by atoms with E-state index in [1.54, 1.807) is 17.0 Å². The molecule has 0 spiro atoms. The van der Waals surface area contributed by atoms with Crippen LogP contribution in [0.25, 0.3) is 0 Å². The Hall–Kier alpha value is -3.27. The van der Waals surface area contributed by atoms with Gasteiger partial charge in [-0.1, -0.05) is 0 Å². The molecule has 2 aliphatic rings. The van der Waals surface area contributed by atoms with Gasteiger partial charge in [-0.05, 0) is 60.9 Å². The van der Waals surface area contributed by atoms with Gasteiger partial charge in [0.25, 0.3) is 5.91 Å². The molecule has 2 aromatic carbocycles. The van der Waals surface area contributed by atoms with Crippen LogP contribution >= 0.6 is 0 Å². The number of carbonyl (C=O) groups excluding carboxylic acids is 2. The van der Waals surface area contributed by atoms with Crippen LogP contribution in [0, 0.1) is 5.82 Å². The first kappa shape index (κ1) is 21.0. The van der Waals surface area contributed by atoms with Gasteiger partial charge in [0.15, 0.2) is 9.84 Å². The van der Waals surface area contributed by atoms with Crippen LogP contribution in [0.1, 0.15) is 18.4 Å². The number of benzene rings is 2. The van der Waals surface area contributed by atoms with Crippen LogP contribution in [0.5, 0.6) is 0 Å². The number of sulfone groups is 1. The van der Waals surface area contributed by atoms with E-state index in [2.05, 4.69) is 5.10 Å². The van der Waals surface area contributed by atoms with E-state index in [1.165, 1.54) is 35.3 Å². The number of primary amides is 1. The summed E-state index contributed by atoms with van der Waals surface area (Å²) in [5.74, 6) is -1.45. The van der Waals surface area contributed by atoms with Crippen molar-refractivity contribution < 1.29 is 22.4 Å². The normalized spacial score (nSPS) is 18.5. The van der Waals surface area contributed by atoms with Gasteiger partial charge < -0.3 is 10.6 Å². The summed E-state index contributed by atoms with van der Waals surface area (Å²) in [5, 5.41) is 5.68. The molecule has 2 aromatic rings. The number of nitrogens with two attached hydrogens (primary N) is 1. The van der Waals surface area contributed by atoms with E-state index >= 15 is 0 Å². The minimum absolute atomic E-state index is 0.0266. The Balaban J connectivity index is 1.66. The molecule has 0 aromatic heterocycles. The van der Waals surface area contributed by atoms with Crippen LogP contribution < -0.4 is 15.6 Å². The minimum Gasteiger partial charge on any atom is -0.368 e. The third-order valence-electron chi connectivity index (χ3n) is 5.42. The van der Waals surface area contributed by atoms with Crippen LogP contribution in [0.15, 0.2) is 52.5 Å². The highest BCUT2D eigenvalue weighted by molar-refractivity contribution is 7.90. The number of hydrazone groups is 1. The Morgan fingerprint density at radius 3 is 2.52 bits per heavy atom. The maximum Gasteiger partial charge on any atom is 0.274 e. The third kappa shape index (κ3) is 4.02. The van der Waals surface area contributed by atoms with Crippen molar-refractivity contribution in [2.24, 2.45) is 10.8 Å². The molecule has 1 unspecified atom stereocenters. The molecule has 2 N–H and O–H groups in total. The maximum atomic E-state index is 13.3. The number of nitrogens with zero attached hydrogens (tertiary/aromatic N) is 3. The van der Waals surface area contributed by atoms with Gasteiger partial charge in [0.2, 0.25) is 5.91 Å². The molecule has 31 heavy (non-hydrogen) atoms. The monoisotopic (exact) mass is 444 g/mol. The van der Waals surface area contributed by atoms with Gasteiger partial charge in [0.1, 0.15) is 17.6 Å². The number of hydrogen-bond donors (Lipinski definition) is 1. The van der Waals surface area contributed by atoms with E-state index in [-0.39, 0.29) is 22.9 Å². The Bertz CT molecular complexity index is 1190. The number of halogens is 1. The molecule has 0 radical (unpaired) electrons. The lowest BCUT2D eigenvalue weighted by Crippen LogP contribution is -2.41. The van der Waals surface area contributed by atoms with E-state index in [4.69, 9.17) is 5.73 Å². The minimum atomic E-state index is -3.36. The van der Waals surface area contributed by atoms with Crippen LogP contribution in [0.4, 0.5) is 15.8 Å². The zero-order valence-corrected chi connectivity index (χ0v) is 17.6. The van der Waals surface area contributed by atoms with Crippen molar-refractivity contribution in [2.45, 2.75) is 30.2 Å². The Morgan fingerprint density at radius 2 is 1.87 bits per heavy atom. The summed E-state index contributed by atoms with van der Waals surface area (Å²) >= 11 is 0. The lowest BCUT2D eigenvalue weighted by atomic mass is 10.0. The van der Waals surface area contributed by atoms with Crippen LogP contribution in [0.3, 0.4) is 0 Å². The summed E-state index contributed by atoms with van der Waals surface area (Å²) < 4.78 is 37.0. The highest BCUT2D eigenvalue weighted by Crippen LogP contribution is 2.31. The van der Waals surface area contributed by atoms with E-state index in [9.17, 15) is 22.4 Å². The number of aryl methyl sites for hydroxylation is 1. The molecular weight excluding hydrogens is 423 g/mol. The SMILES string of the molecule is CS(=O)(=O)c1ccc2c(c1)CCCN2C(=O)C1=NN(c2ccc(F)cc2)C(C(N)=O)C1. The molecule has 2 heterocycles. The van der Waals surface area contributed by atoms with E-state index < -0.39 is 27.6 Å². The van der Waals surface area contributed by atoms with Crippen molar-refractivity contribution in [1.82, 2.24) is 0 Å². The number of rotatable bonds is 4. The van der Waals surface area contributed by atoms with E-state index in [0.717, 1.165) is 11.8 Å². The van der Waals surface area contributed by atoms with Gasteiger partial charge in [-0.2, -0.15) is 5.10 Å². The van der Waals surface area contributed by atoms with Crippen LogP contribution in [0.2, 0.25) is 0 Å². The molecule has 0 aliphatic carbocycles. The number of hydrogen-bond acceptors (Lipinski definition) is 6. The number of carbonyl (C=O) groups is 2. The average molecular weight is 444 g/mol. The average Bonchev–Trinajstić information content (AvgIpc) is 3.18. The van der Waals surface area contributed by atoms with Crippen LogP contribution in [-0.4, -0.2) is 44.8 Å². The van der Waals surface area contributed by atoms with Gasteiger partial charge in [-0.15, -0.1) is 0 Å². The maximum absolute atomic E-state index is 13.3. The van der Waals surface area contributed by atoms with Gasteiger partial charge in [-0.3, -0.25) is 14.6 Å². The first-order chi connectivity index (χ1) is 14.6. The molecule has 162 valence electrons. The van der Waals surface area contributed by atoms with Crippen molar-refractivity contribution in [3.8, 4) is 0 Å². The quantitative estimate of drug-likeness (QED) is 0.770. The summed E-state index contributed by atoms with van der Waals surface area (Å²) in [4.78, 5) is 27.0. The van der Waals surface area contributed by atoms with Crippen molar-refractivity contribution >= 4 is 38.7 Å². The first-order valence-electron chi connectivity index (χ1n) is 9.71. The summed E-state index contributed by atoms with van der Waals surface area (Å²) in [6, 6.07) is 9.25. The predicted octanol–water partition coefficient (Wildman–Crippen LogP) is 1.63. The lowest BCUT2D eigenvalue weighted by molar-refractivity contribution is -0.119. The number of amides is 2. The molecule has 0 bridgehead atoms. The molecule has 2 aliphatic heterocycles. The summed E-state index contributed by atoms with van der Waals surface area (Å²) in [5.41, 5.74) is 7.52. The molecular formula is C21H21FN4O4S. The molecule has 2 amide bonds. The molecule has 8 nitrogen and oxygen atoms in total. The second kappa shape index (κ2) is 7.77. The van der Waals surface area contributed by atoms with Crippen molar-refractivity contribution in [2.75, 3.05) is 22.7 Å². The summed E-state index contributed by atoms with van der Waals surface area (Å²) in [6.45, 7) is 0.445. The Labute approximate surface area is 179 Å². The van der Waals surface area contributed by atoms with Gasteiger partial charge in [0, 0.05) is 24.9 Å². The number of fused-ring (bicyclic) bond motifs is 1. The smallest absolute Gasteiger partial charge is 0.274 e. The van der Waals surface area contributed by atoms with Crippen molar-refractivity contribution in [3.05, 3.63) is 53.8 Å². The van der Waals surface area contributed by atoms with Gasteiger partial charge >= 0.3 is 0 Å². The Morgan fingerprint density at radius 1 is 1.16 bits per heavy atom. The van der Waals surface area contributed by atoms with Crippen molar-refractivity contribution in [3.63, 3.8) is 0 Å². The molecule has 1 atom stereocenters. The fourth-order valence-electron chi connectivity index (χ4n) is 3.86. The zero-order chi connectivity index (χ0) is 22.3. The van der Waals surface area contributed by atoms with E-state index in [1.807, 2.05) is 0 Å².